The standard InChI is InChI=1S/C13H20N2OS/c1-13(2)8-4-6-10(14-3)12(16)15(13)11-7-5-9-17-11/h5,7,9-10,14H,4,6,8H2,1-3H3. The molecule has 1 aliphatic rings. The number of nitrogens with zero attached hydrogens (tertiary/aromatic N) is 1. The van der Waals surface area contributed by atoms with Crippen LogP contribution in [0.4, 0.5) is 5.00 Å². The minimum absolute atomic E-state index is 0.0427. The Morgan fingerprint density at radius 2 is 2.29 bits per heavy atom. The number of nitrogens with one attached hydrogen (secondary N) is 1. The Morgan fingerprint density at radius 3 is 2.88 bits per heavy atom. The monoisotopic (exact) mass is 252 g/mol. The van der Waals surface area contributed by atoms with E-state index in [0.717, 1.165) is 24.3 Å². The third-order valence-corrected chi connectivity index (χ3v) is 4.33. The number of hydrogen-bond donors (Lipinski definition) is 1. The second kappa shape index (κ2) is 4.78. The van der Waals surface area contributed by atoms with E-state index in [9.17, 15) is 4.79 Å². The molecule has 1 atom stereocenters. The molecule has 3 nitrogen and oxygen atoms in total. The van der Waals surface area contributed by atoms with Crippen molar-refractivity contribution in [3.05, 3.63) is 17.5 Å². The Morgan fingerprint density at radius 1 is 1.53 bits per heavy atom. The zero-order valence-corrected chi connectivity index (χ0v) is 11.5. The largest absolute Gasteiger partial charge is 0.309 e. The van der Waals surface area contributed by atoms with E-state index in [0.29, 0.717) is 0 Å². The van der Waals surface area contributed by atoms with Gasteiger partial charge in [-0.2, -0.15) is 0 Å². The average molecular weight is 252 g/mol. The summed E-state index contributed by atoms with van der Waals surface area (Å²) in [6.45, 7) is 4.31. The van der Waals surface area contributed by atoms with Gasteiger partial charge in [-0.25, -0.2) is 0 Å². The maximum Gasteiger partial charge on any atom is 0.245 e. The molecular weight excluding hydrogens is 232 g/mol. The summed E-state index contributed by atoms with van der Waals surface area (Å²) in [7, 11) is 1.87. The van der Waals surface area contributed by atoms with Crippen LogP contribution in [-0.2, 0) is 4.79 Å². The molecule has 0 saturated carbocycles. The lowest BCUT2D eigenvalue weighted by atomic mass is 9.97. The molecule has 1 fully saturated rings. The van der Waals surface area contributed by atoms with Crippen LogP contribution in [0.5, 0.6) is 0 Å². The van der Waals surface area contributed by atoms with E-state index >= 15 is 0 Å². The van der Waals surface area contributed by atoms with Crippen molar-refractivity contribution in [2.75, 3.05) is 11.9 Å². The van der Waals surface area contributed by atoms with Crippen LogP contribution in [0.2, 0.25) is 0 Å². The average Bonchev–Trinajstić information content (AvgIpc) is 2.73. The summed E-state index contributed by atoms with van der Waals surface area (Å²) in [6, 6.07) is 3.99. The normalized spacial score (nSPS) is 24.8. The van der Waals surface area contributed by atoms with Gasteiger partial charge in [-0.05, 0) is 57.7 Å². The zero-order valence-electron chi connectivity index (χ0n) is 10.7. The van der Waals surface area contributed by atoms with Crippen LogP contribution in [0.3, 0.4) is 0 Å². The fourth-order valence-corrected chi connectivity index (χ4v) is 3.40. The van der Waals surface area contributed by atoms with Crippen LogP contribution in [0.25, 0.3) is 0 Å². The molecule has 94 valence electrons. The van der Waals surface area contributed by atoms with Gasteiger partial charge >= 0.3 is 0 Å². The van der Waals surface area contributed by atoms with Gasteiger partial charge < -0.3 is 5.32 Å². The summed E-state index contributed by atoms with van der Waals surface area (Å²) in [5.74, 6) is 0.206. The van der Waals surface area contributed by atoms with Crippen LogP contribution in [0, 0.1) is 0 Å². The first-order valence-corrected chi connectivity index (χ1v) is 6.99. The lowest BCUT2D eigenvalue weighted by molar-refractivity contribution is -0.121. The summed E-state index contributed by atoms with van der Waals surface area (Å²) >= 11 is 1.63. The van der Waals surface area contributed by atoms with E-state index in [4.69, 9.17) is 0 Å². The number of carbonyl (C=O) groups excluding carboxylic acids is 1. The molecule has 1 amide bonds. The molecule has 0 aromatic carbocycles. The molecule has 1 aromatic heterocycles. The molecule has 1 N–H and O–H groups in total. The van der Waals surface area contributed by atoms with Crippen molar-refractivity contribution in [2.24, 2.45) is 0 Å². The van der Waals surface area contributed by atoms with Crippen LogP contribution in [-0.4, -0.2) is 24.5 Å². The summed E-state index contributed by atoms with van der Waals surface area (Å²) < 4.78 is 0. The SMILES string of the molecule is CNC1CCCC(C)(C)N(c2cccs2)C1=O. The van der Waals surface area contributed by atoms with Gasteiger partial charge in [-0.15, -0.1) is 11.3 Å². The Hall–Kier alpha value is -0.870. The van der Waals surface area contributed by atoms with E-state index in [1.54, 1.807) is 11.3 Å². The van der Waals surface area contributed by atoms with Crippen LogP contribution < -0.4 is 10.2 Å². The van der Waals surface area contributed by atoms with Gasteiger partial charge in [0.1, 0.15) is 0 Å². The second-order valence-electron chi connectivity index (χ2n) is 5.17. The lowest BCUT2D eigenvalue weighted by Gasteiger charge is -2.37. The molecule has 17 heavy (non-hydrogen) atoms. The van der Waals surface area contributed by atoms with Crippen molar-refractivity contribution < 1.29 is 4.79 Å². The summed E-state index contributed by atoms with van der Waals surface area (Å²) in [4.78, 5) is 14.5. The van der Waals surface area contributed by atoms with Gasteiger partial charge in [-0.3, -0.25) is 9.69 Å². The number of rotatable bonds is 2. The maximum atomic E-state index is 12.6. The lowest BCUT2D eigenvalue weighted by Crippen LogP contribution is -2.52. The predicted octanol–water partition coefficient (Wildman–Crippen LogP) is 2.63. The first-order valence-electron chi connectivity index (χ1n) is 6.11. The van der Waals surface area contributed by atoms with Crippen LogP contribution in [0.15, 0.2) is 17.5 Å². The van der Waals surface area contributed by atoms with Gasteiger partial charge in [0.25, 0.3) is 0 Å². The zero-order chi connectivity index (χ0) is 12.5. The van der Waals surface area contributed by atoms with Gasteiger partial charge in [0.2, 0.25) is 5.91 Å². The Kier molecular flexibility index (Phi) is 3.54. The predicted molar refractivity (Wildman–Crippen MR) is 72.6 cm³/mol. The molecule has 0 radical (unpaired) electrons. The van der Waals surface area contributed by atoms with E-state index in [-0.39, 0.29) is 17.5 Å². The fourth-order valence-electron chi connectivity index (χ4n) is 2.50. The van der Waals surface area contributed by atoms with Crippen molar-refractivity contribution >= 4 is 22.2 Å². The van der Waals surface area contributed by atoms with E-state index < -0.39 is 0 Å². The minimum atomic E-state index is -0.0897. The fraction of sp³-hybridized carbons (Fsp3) is 0.615. The molecule has 1 saturated heterocycles. The van der Waals surface area contributed by atoms with Crippen molar-refractivity contribution in [1.82, 2.24) is 5.32 Å². The molecule has 0 bridgehead atoms. The van der Waals surface area contributed by atoms with E-state index in [1.807, 2.05) is 29.5 Å². The van der Waals surface area contributed by atoms with Gasteiger partial charge in [0, 0.05) is 5.54 Å². The molecule has 1 aromatic rings. The Labute approximate surface area is 107 Å². The highest BCUT2D eigenvalue weighted by Gasteiger charge is 2.38. The minimum Gasteiger partial charge on any atom is -0.309 e. The number of amides is 1. The maximum absolute atomic E-state index is 12.6. The summed E-state index contributed by atoms with van der Waals surface area (Å²) in [5.41, 5.74) is -0.0897. The number of hydrogen-bond acceptors (Lipinski definition) is 3. The number of anilines is 1. The number of likely N-dealkylation sites (N-methyl/N-ethyl adjacent to an activating group) is 1. The van der Waals surface area contributed by atoms with E-state index in [1.165, 1.54) is 0 Å². The smallest absolute Gasteiger partial charge is 0.245 e. The molecule has 2 rings (SSSR count). The highest BCUT2D eigenvalue weighted by molar-refractivity contribution is 7.14. The molecular formula is C13H20N2OS. The van der Waals surface area contributed by atoms with Crippen molar-refractivity contribution in [1.29, 1.82) is 0 Å². The third-order valence-electron chi connectivity index (χ3n) is 3.48. The number of carbonyl (C=O) groups is 1. The highest BCUT2D eigenvalue weighted by Crippen LogP contribution is 2.34. The Balaban J connectivity index is 2.37. The molecule has 0 aliphatic carbocycles. The Bertz CT molecular complexity index is 386. The molecule has 4 heteroatoms. The van der Waals surface area contributed by atoms with Gasteiger partial charge in [0.15, 0.2) is 0 Å². The molecule has 0 spiro atoms. The summed E-state index contributed by atoms with van der Waals surface area (Å²) in [6.07, 6.45) is 3.07. The molecule has 2 heterocycles. The highest BCUT2D eigenvalue weighted by atomic mass is 32.1. The quantitative estimate of drug-likeness (QED) is 0.877. The summed E-state index contributed by atoms with van der Waals surface area (Å²) in [5, 5.41) is 6.22. The second-order valence-corrected chi connectivity index (χ2v) is 6.10. The topological polar surface area (TPSA) is 32.3 Å². The van der Waals surface area contributed by atoms with Crippen molar-refractivity contribution in [2.45, 2.75) is 44.7 Å². The van der Waals surface area contributed by atoms with E-state index in [2.05, 4.69) is 19.2 Å². The van der Waals surface area contributed by atoms with Gasteiger partial charge in [-0.1, -0.05) is 0 Å². The first kappa shape index (κ1) is 12.6. The molecule has 1 aliphatic heterocycles. The third kappa shape index (κ3) is 2.38. The van der Waals surface area contributed by atoms with Gasteiger partial charge in [0.05, 0.1) is 11.0 Å². The van der Waals surface area contributed by atoms with Crippen LogP contribution in [0.1, 0.15) is 33.1 Å². The van der Waals surface area contributed by atoms with Crippen LogP contribution >= 0.6 is 11.3 Å². The van der Waals surface area contributed by atoms with Crippen molar-refractivity contribution in [3.63, 3.8) is 0 Å². The van der Waals surface area contributed by atoms with Crippen molar-refractivity contribution in [3.8, 4) is 0 Å². The number of thiophene rings is 1. The first-order chi connectivity index (χ1) is 8.06. The molecule has 1 unspecified atom stereocenters.